The van der Waals surface area contributed by atoms with Gasteiger partial charge in [0.05, 0.1) is 17.5 Å². The van der Waals surface area contributed by atoms with E-state index in [1.165, 1.54) is 28.9 Å². The number of aliphatic imine (C=N–C) groups is 1. The zero-order valence-corrected chi connectivity index (χ0v) is 17.0. The molecule has 0 aliphatic carbocycles. The van der Waals surface area contributed by atoms with E-state index in [1.54, 1.807) is 11.8 Å². The Kier molecular flexibility index (Phi) is 5.36. The Morgan fingerprint density at radius 2 is 2.07 bits per heavy atom. The minimum absolute atomic E-state index is 0.344. The predicted molar refractivity (Wildman–Crippen MR) is 113 cm³/mol. The van der Waals surface area contributed by atoms with Crippen LogP contribution in [-0.4, -0.2) is 33.9 Å². The molecule has 1 aromatic heterocycles. The van der Waals surface area contributed by atoms with Crippen LogP contribution in [0.4, 0.5) is 5.69 Å². The highest BCUT2D eigenvalue weighted by Gasteiger charge is 2.22. The summed E-state index contributed by atoms with van der Waals surface area (Å²) in [7, 11) is 0. The number of ether oxygens (including phenoxy) is 1. The Hall–Kier alpha value is -2.05. The summed E-state index contributed by atoms with van der Waals surface area (Å²) in [5.74, 6) is 0.821. The fourth-order valence-electron chi connectivity index (χ4n) is 3.61. The third-order valence-corrected chi connectivity index (χ3v) is 6.07. The van der Waals surface area contributed by atoms with Crippen molar-refractivity contribution in [1.29, 1.82) is 0 Å². The van der Waals surface area contributed by atoms with Crippen molar-refractivity contribution in [1.82, 2.24) is 9.99 Å². The molecular formula is C21H26N4OS. The number of hydrogen-bond donors (Lipinski definition) is 1. The molecule has 0 bridgehead atoms. The molecule has 27 heavy (non-hydrogen) atoms. The number of amidine groups is 1. The largest absolute Gasteiger partial charge is 0.376 e. The standard InChI is InChI=1S/C21H26N4OS/c1-14-6-8-17(9-7-14)22-21-24-23-20(13-27-21)19-11-15(2)25(16(19)3)12-18-5-4-10-26-18/h6-9,11,18H,4-5,10,12-13H2,1-3H3,(H,22,24)/t18-/m0/s1. The van der Waals surface area contributed by atoms with E-state index >= 15 is 0 Å². The van der Waals surface area contributed by atoms with Gasteiger partial charge in [0.1, 0.15) is 0 Å². The summed E-state index contributed by atoms with van der Waals surface area (Å²) in [6.45, 7) is 8.26. The molecule has 1 atom stereocenters. The highest BCUT2D eigenvalue weighted by atomic mass is 32.2. The van der Waals surface area contributed by atoms with Gasteiger partial charge in [0, 0.05) is 35.9 Å². The molecule has 0 saturated carbocycles. The lowest BCUT2D eigenvalue weighted by atomic mass is 10.1. The molecule has 1 fully saturated rings. The van der Waals surface area contributed by atoms with Crippen molar-refractivity contribution in [2.75, 3.05) is 12.4 Å². The topological polar surface area (TPSA) is 50.9 Å². The van der Waals surface area contributed by atoms with E-state index < -0.39 is 0 Å². The molecule has 0 radical (unpaired) electrons. The van der Waals surface area contributed by atoms with Gasteiger partial charge in [-0.3, -0.25) is 5.43 Å². The Balaban J connectivity index is 1.49. The Bertz CT molecular complexity index is 876. The lowest BCUT2D eigenvalue weighted by Gasteiger charge is -2.17. The van der Waals surface area contributed by atoms with Crippen LogP contribution >= 0.6 is 11.8 Å². The van der Waals surface area contributed by atoms with Gasteiger partial charge in [-0.1, -0.05) is 29.5 Å². The molecule has 2 aliphatic rings. The van der Waals surface area contributed by atoms with Gasteiger partial charge >= 0.3 is 0 Å². The molecule has 4 rings (SSSR count). The molecule has 1 N–H and O–H groups in total. The van der Waals surface area contributed by atoms with Crippen molar-refractivity contribution < 1.29 is 4.74 Å². The molecule has 1 saturated heterocycles. The highest BCUT2D eigenvalue weighted by molar-refractivity contribution is 8.14. The van der Waals surface area contributed by atoms with Crippen molar-refractivity contribution in [3.05, 3.63) is 52.8 Å². The van der Waals surface area contributed by atoms with Crippen LogP contribution in [-0.2, 0) is 11.3 Å². The maximum Gasteiger partial charge on any atom is 0.182 e. The van der Waals surface area contributed by atoms with Gasteiger partial charge < -0.3 is 9.30 Å². The van der Waals surface area contributed by atoms with Crippen LogP contribution in [0.3, 0.4) is 0 Å². The van der Waals surface area contributed by atoms with E-state index in [2.05, 4.69) is 59.1 Å². The second kappa shape index (κ2) is 7.90. The Labute approximate surface area is 164 Å². The van der Waals surface area contributed by atoms with E-state index in [0.717, 1.165) is 41.9 Å². The van der Waals surface area contributed by atoms with E-state index in [4.69, 9.17) is 4.74 Å². The normalized spacial score (nSPS) is 21.4. The number of hydrogen-bond acceptors (Lipinski definition) is 4. The summed E-state index contributed by atoms with van der Waals surface area (Å²) >= 11 is 1.70. The number of nitrogens with zero attached hydrogens (tertiary/aromatic N) is 3. The van der Waals surface area contributed by atoms with Crippen molar-refractivity contribution in [2.24, 2.45) is 10.1 Å². The zero-order chi connectivity index (χ0) is 18.8. The minimum atomic E-state index is 0.344. The summed E-state index contributed by atoms with van der Waals surface area (Å²) < 4.78 is 8.19. The van der Waals surface area contributed by atoms with Gasteiger partial charge in [0.25, 0.3) is 0 Å². The molecule has 0 spiro atoms. The van der Waals surface area contributed by atoms with Gasteiger partial charge in [-0.25, -0.2) is 4.99 Å². The molecule has 6 heteroatoms. The number of rotatable bonds is 4. The number of thioether (sulfide) groups is 1. The third kappa shape index (κ3) is 4.12. The first-order chi connectivity index (χ1) is 13.1. The Morgan fingerprint density at radius 3 is 2.74 bits per heavy atom. The molecule has 0 unspecified atom stereocenters. The number of hydrazone groups is 1. The van der Waals surface area contributed by atoms with Gasteiger partial charge in [-0.15, -0.1) is 0 Å². The summed E-state index contributed by atoms with van der Waals surface area (Å²) in [5.41, 5.74) is 10.1. The summed E-state index contributed by atoms with van der Waals surface area (Å²) in [6, 6.07) is 10.5. The van der Waals surface area contributed by atoms with Crippen molar-refractivity contribution >= 4 is 28.3 Å². The van der Waals surface area contributed by atoms with Crippen LogP contribution < -0.4 is 5.43 Å². The monoisotopic (exact) mass is 382 g/mol. The molecular weight excluding hydrogens is 356 g/mol. The third-order valence-electron chi connectivity index (χ3n) is 5.19. The maximum atomic E-state index is 5.82. The average Bonchev–Trinajstić information content (AvgIpc) is 3.28. The molecule has 0 amide bonds. The average molecular weight is 383 g/mol. The van der Waals surface area contributed by atoms with Crippen LogP contribution in [0.2, 0.25) is 0 Å². The minimum Gasteiger partial charge on any atom is -0.376 e. The number of aromatic nitrogens is 1. The second-order valence-corrected chi connectivity index (χ2v) is 8.21. The molecule has 1 aromatic carbocycles. The maximum absolute atomic E-state index is 5.82. The number of benzene rings is 1. The first kappa shape index (κ1) is 18.3. The molecule has 5 nitrogen and oxygen atoms in total. The smallest absolute Gasteiger partial charge is 0.182 e. The van der Waals surface area contributed by atoms with Crippen LogP contribution in [0, 0.1) is 20.8 Å². The zero-order valence-electron chi connectivity index (χ0n) is 16.2. The first-order valence-electron chi connectivity index (χ1n) is 9.49. The lowest BCUT2D eigenvalue weighted by Crippen LogP contribution is -2.25. The van der Waals surface area contributed by atoms with Crippen molar-refractivity contribution in [2.45, 2.75) is 46.3 Å². The fraction of sp³-hybridized carbons (Fsp3) is 0.429. The van der Waals surface area contributed by atoms with Gasteiger partial charge in [-0.2, -0.15) is 5.10 Å². The van der Waals surface area contributed by atoms with Crippen molar-refractivity contribution in [3.8, 4) is 0 Å². The van der Waals surface area contributed by atoms with E-state index in [0.29, 0.717) is 6.10 Å². The van der Waals surface area contributed by atoms with Crippen LogP contribution in [0.5, 0.6) is 0 Å². The summed E-state index contributed by atoms with van der Waals surface area (Å²) in [6.07, 6.45) is 2.67. The van der Waals surface area contributed by atoms with E-state index in [-0.39, 0.29) is 0 Å². The second-order valence-electron chi connectivity index (χ2n) is 7.24. The van der Waals surface area contributed by atoms with Crippen LogP contribution in [0.1, 0.15) is 35.4 Å². The van der Waals surface area contributed by atoms with Gasteiger partial charge in [0.2, 0.25) is 0 Å². The summed E-state index contributed by atoms with van der Waals surface area (Å²) in [4.78, 5) is 4.64. The molecule has 2 aromatic rings. The quantitative estimate of drug-likeness (QED) is 0.857. The highest BCUT2D eigenvalue weighted by Crippen LogP contribution is 2.24. The molecule has 142 valence electrons. The molecule has 3 heterocycles. The molecule has 2 aliphatic heterocycles. The summed E-state index contributed by atoms with van der Waals surface area (Å²) in [5, 5.41) is 5.46. The number of nitrogens with one attached hydrogen (secondary N) is 1. The van der Waals surface area contributed by atoms with E-state index in [9.17, 15) is 0 Å². The van der Waals surface area contributed by atoms with Crippen LogP contribution in [0.25, 0.3) is 0 Å². The fourth-order valence-corrected chi connectivity index (χ4v) is 4.39. The lowest BCUT2D eigenvalue weighted by molar-refractivity contribution is 0.0962. The van der Waals surface area contributed by atoms with Gasteiger partial charge in [0.15, 0.2) is 5.17 Å². The Morgan fingerprint density at radius 1 is 1.26 bits per heavy atom. The van der Waals surface area contributed by atoms with E-state index in [1.807, 2.05) is 12.1 Å². The van der Waals surface area contributed by atoms with Gasteiger partial charge in [-0.05, 0) is 51.8 Å². The number of aryl methyl sites for hydroxylation is 2. The SMILES string of the molecule is Cc1ccc(N=C2NN=C(c3cc(C)n(C[C@@H]4CCCO4)c3C)CS2)cc1. The van der Waals surface area contributed by atoms with Crippen LogP contribution in [0.15, 0.2) is 40.4 Å². The van der Waals surface area contributed by atoms with Crippen molar-refractivity contribution in [3.63, 3.8) is 0 Å². The predicted octanol–water partition coefficient (Wildman–Crippen LogP) is 4.32. The first-order valence-corrected chi connectivity index (χ1v) is 10.5.